The van der Waals surface area contributed by atoms with Gasteiger partial charge in [-0.15, -0.1) is 0 Å². The topological polar surface area (TPSA) is 24.5 Å². The van der Waals surface area contributed by atoms with E-state index in [1.807, 2.05) is 7.11 Å². The minimum Gasteiger partial charge on any atom is -0.377 e. The smallest absolute Gasteiger partial charge is 0.0805 e. The van der Waals surface area contributed by atoms with E-state index in [2.05, 4.69) is 24.1 Å². The Labute approximate surface area is 106 Å². The van der Waals surface area contributed by atoms with Gasteiger partial charge in [-0.25, -0.2) is 0 Å². The lowest BCUT2D eigenvalue weighted by molar-refractivity contribution is -0.0966. The summed E-state index contributed by atoms with van der Waals surface area (Å²) in [5.41, 5.74) is 0.199. The first kappa shape index (κ1) is 13.3. The van der Waals surface area contributed by atoms with E-state index in [1.54, 1.807) is 0 Å². The number of hydrogen-bond acceptors (Lipinski definition) is 3. The van der Waals surface area contributed by atoms with Gasteiger partial charge in [-0.2, -0.15) is 0 Å². The zero-order chi connectivity index (χ0) is 12.3. The number of hydrogen-bond donors (Lipinski definition) is 1. The third kappa shape index (κ3) is 3.01. The Morgan fingerprint density at radius 3 is 2.65 bits per heavy atom. The van der Waals surface area contributed by atoms with Crippen LogP contribution in [0.3, 0.4) is 0 Å². The highest BCUT2D eigenvalue weighted by Crippen LogP contribution is 2.36. The van der Waals surface area contributed by atoms with Gasteiger partial charge in [0.2, 0.25) is 0 Å². The van der Waals surface area contributed by atoms with Gasteiger partial charge in [-0.3, -0.25) is 0 Å². The van der Waals surface area contributed by atoms with Crippen LogP contribution in [0.1, 0.15) is 39.5 Å². The van der Waals surface area contributed by atoms with Gasteiger partial charge in [0.25, 0.3) is 0 Å². The molecule has 2 unspecified atom stereocenters. The van der Waals surface area contributed by atoms with Crippen molar-refractivity contribution in [1.82, 2.24) is 10.2 Å². The summed E-state index contributed by atoms with van der Waals surface area (Å²) in [6.07, 6.45) is 5.14. The van der Waals surface area contributed by atoms with Gasteiger partial charge in [0.15, 0.2) is 0 Å². The van der Waals surface area contributed by atoms with Crippen LogP contribution in [0.2, 0.25) is 0 Å². The predicted octanol–water partition coefficient (Wildman–Crippen LogP) is 1.88. The highest BCUT2D eigenvalue weighted by molar-refractivity contribution is 4.94. The van der Waals surface area contributed by atoms with E-state index in [0.29, 0.717) is 0 Å². The predicted molar refractivity (Wildman–Crippen MR) is 71.3 cm³/mol. The summed E-state index contributed by atoms with van der Waals surface area (Å²) in [5.74, 6) is 0.762. The van der Waals surface area contributed by atoms with Crippen molar-refractivity contribution in [1.29, 1.82) is 0 Å². The lowest BCUT2D eigenvalue weighted by Gasteiger charge is -2.46. The minimum atomic E-state index is 0.199. The second kappa shape index (κ2) is 5.68. The first-order valence-corrected chi connectivity index (χ1v) is 7.20. The van der Waals surface area contributed by atoms with Crippen LogP contribution < -0.4 is 5.32 Å². The average Bonchev–Trinajstić information content (AvgIpc) is 2.27. The van der Waals surface area contributed by atoms with Crippen LogP contribution in [-0.4, -0.2) is 49.8 Å². The van der Waals surface area contributed by atoms with Gasteiger partial charge < -0.3 is 15.0 Å². The summed E-state index contributed by atoms with van der Waals surface area (Å²) >= 11 is 0. The number of methoxy groups -OCH3 is 1. The van der Waals surface area contributed by atoms with Crippen LogP contribution in [0, 0.1) is 5.92 Å². The number of nitrogens with one attached hydrogen (secondary N) is 1. The molecule has 1 aliphatic heterocycles. The van der Waals surface area contributed by atoms with Crippen molar-refractivity contribution in [3.8, 4) is 0 Å². The van der Waals surface area contributed by atoms with Gasteiger partial charge >= 0.3 is 0 Å². The molecule has 0 aromatic carbocycles. The van der Waals surface area contributed by atoms with Crippen LogP contribution in [0.25, 0.3) is 0 Å². The molecule has 1 N–H and O–H groups in total. The highest BCUT2D eigenvalue weighted by Gasteiger charge is 2.39. The van der Waals surface area contributed by atoms with Crippen molar-refractivity contribution in [3.05, 3.63) is 0 Å². The average molecular weight is 240 g/mol. The fraction of sp³-hybridized carbons (Fsp3) is 1.00. The number of ether oxygens (including phenoxy) is 1. The standard InChI is InChI=1S/C14H28N2O/c1-4-15-13-6-9-16(10-12(13)2)11-14(17-3)7-5-8-14/h12-13,15H,4-11H2,1-3H3. The molecule has 3 heteroatoms. The Morgan fingerprint density at radius 2 is 2.18 bits per heavy atom. The van der Waals surface area contributed by atoms with Gasteiger partial charge in [-0.1, -0.05) is 13.8 Å². The summed E-state index contributed by atoms with van der Waals surface area (Å²) in [6.45, 7) is 9.27. The molecule has 2 rings (SSSR count). The molecule has 1 heterocycles. The van der Waals surface area contributed by atoms with Crippen molar-refractivity contribution >= 4 is 0 Å². The highest BCUT2D eigenvalue weighted by atomic mass is 16.5. The van der Waals surface area contributed by atoms with E-state index in [9.17, 15) is 0 Å². The maximum absolute atomic E-state index is 5.73. The molecule has 0 amide bonds. The van der Waals surface area contributed by atoms with E-state index in [-0.39, 0.29) is 5.60 Å². The van der Waals surface area contributed by atoms with Crippen molar-refractivity contribution in [2.45, 2.75) is 51.2 Å². The van der Waals surface area contributed by atoms with Crippen LogP contribution in [0.5, 0.6) is 0 Å². The lowest BCUT2D eigenvalue weighted by Crippen LogP contribution is -2.55. The molecule has 1 saturated heterocycles. The normalized spacial score (nSPS) is 33.4. The van der Waals surface area contributed by atoms with E-state index in [0.717, 1.165) is 25.0 Å². The SMILES string of the molecule is CCNC1CCN(CC2(OC)CCC2)CC1C. The third-order valence-electron chi connectivity index (χ3n) is 4.67. The second-order valence-corrected chi connectivity index (χ2v) is 5.91. The Kier molecular flexibility index (Phi) is 4.45. The molecule has 2 aliphatic rings. The van der Waals surface area contributed by atoms with Crippen molar-refractivity contribution in [3.63, 3.8) is 0 Å². The first-order chi connectivity index (χ1) is 8.19. The molecule has 0 aromatic heterocycles. The maximum Gasteiger partial charge on any atom is 0.0805 e. The third-order valence-corrected chi connectivity index (χ3v) is 4.67. The van der Waals surface area contributed by atoms with Crippen LogP contribution in [0.4, 0.5) is 0 Å². The molecule has 0 radical (unpaired) electrons. The fourth-order valence-electron chi connectivity index (χ4n) is 3.35. The van der Waals surface area contributed by atoms with Gasteiger partial charge in [-0.05, 0) is 44.7 Å². The number of rotatable bonds is 5. The molecular formula is C14H28N2O. The molecule has 17 heavy (non-hydrogen) atoms. The van der Waals surface area contributed by atoms with Gasteiger partial charge in [0, 0.05) is 26.2 Å². The molecule has 0 aromatic rings. The quantitative estimate of drug-likeness (QED) is 0.794. The Hall–Kier alpha value is -0.120. The maximum atomic E-state index is 5.73. The summed E-state index contributed by atoms with van der Waals surface area (Å²) in [5, 5.41) is 3.60. The monoisotopic (exact) mass is 240 g/mol. The Balaban J connectivity index is 1.80. The first-order valence-electron chi connectivity index (χ1n) is 7.20. The molecule has 0 spiro atoms. The van der Waals surface area contributed by atoms with E-state index < -0.39 is 0 Å². The summed E-state index contributed by atoms with van der Waals surface area (Å²) < 4.78 is 5.73. The van der Waals surface area contributed by atoms with Crippen molar-refractivity contribution in [2.24, 2.45) is 5.92 Å². The lowest BCUT2D eigenvalue weighted by atomic mass is 9.79. The molecule has 100 valence electrons. The number of nitrogens with zero attached hydrogens (tertiary/aromatic N) is 1. The molecular weight excluding hydrogens is 212 g/mol. The number of likely N-dealkylation sites (tertiary alicyclic amines) is 1. The molecule has 1 saturated carbocycles. The van der Waals surface area contributed by atoms with Crippen molar-refractivity contribution in [2.75, 3.05) is 33.3 Å². The Morgan fingerprint density at radius 1 is 1.41 bits per heavy atom. The van der Waals surface area contributed by atoms with Crippen LogP contribution in [0.15, 0.2) is 0 Å². The largest absolute Gasteiger partial charge is 0.377 e. The van der Waals surface area contributed by atoms with Gasteiger partial charge in [0.1, 0.15) is 0 Å². The molecule has 2 atom stereocenters. The fourth-order valence-corrected chi connectivity index (χ4v) is 3.35. The second-order valence-electron chi connectivity index (χ2n) is 5.91. The summed E-state index contributed by atoms with van der Waals surface area (Å²) in [6, 6.07) is 0.719. The molecule has 0 bridgehead atoms. The zero-order valence-electron chi connectivity index (χ0n) is 11.7. The molecule has 3 nitrogen and oxygen atoms in total. The summed E-state index contributed by atoms with van der Waals surface area (Å²) in [4.78, 5) is 2.61. The van der Waals surface area contributed by atoms with E-state index >= 15 is 0 Å². The number of piperidine rings is 1. The molecule has 2 fully saturated rings. The van der Waals surface area contributed by atoms with E-state index in [4.69, 9.17) is 4.74 Å². The minimum absolute atomic E-state index is 0.199. The van der Waals surface area contributed by atoms with E-state index in [1.165, 1.54) is 38.8 Å². The summed E-state index contributed by atoms with van der Waals surface area (Å²) in [7, 11) is 1.88. The molecule has 1 aliphatic carbocycles. The zero-order valence-corrected chi connectivity index (χ0v) is 11.7. The van der Waals surface area contributed by atoms with Gasteiger partial charge in [0.05, 0.1) is 5.60 Å². The van der Waals surface area contributed by atoms with Crippen molar-refractivity contribution < 1.29 is 4.74 Å². The van der Waals surface area contributed by atoms with Crippen LogP contribution >= 0.6 is 0 Å². The Bertz CT molecular complexity index is 235. The van der Waals surface area contributed by atoms with Crippen LogP contribution in [-0.2, 0) is 4.74 Å².